The van der Waals surface area contributed by atoms with E-state index in [4.69, 9.17) is 0 Å². The molecule has 1 aliphatic heterocycles. The van der Waals surface area contributed by atoms with E-state index in [1.165, 1.54) is 43.2 Å². The number of aryl methyl sites for hydroxylation is 1. The molecular formula is C27H35N3O. The van der Waals surface area contributed by atoms with Crippen LogP contribution in [0.4, 0.5) is 0 Å². The zero-order chi connectivity index (χ0) is 21.3. The molecule has 1 atom stereocenters. The first kappa shape index (κ1) is 20.7. The van der Waals surface area contributed by atoms with Crippen LogP contribution in [0.1, 0.15) is 55.2 Å². The molecule has 2 saturated carbocycles. The number of benzene rings is 1. The molecular weight excluding hydrogens is 382 g/mol. The summed E-state index contributed by atoms with van der Waals surface area (Å²) in [5, 5.41) is 0. The summed E-state index contributed by atoms with van der Waals surface area (Å²) < 4.78 is 0. The Hall–Kier alpha value is -2.20. The molecule has 1 aromatic carbocycles. The summed E-state index contributed by atoms with van der Waals surface area (Å²) in [7, 11) is 0. The highest BCUT2D eigenvalue weighted by Crippen LogP contribution is 2.66. The van der Waals surface area contributed by atoms with Crippen molar-refractivity contribution >= 4 is 5.91 Å². The lowest BCUT2D eigenvalue weighted by molar-refractivity contribution is -0.135. The highest BCUT2D eigenvalue weighted by atomic mass is 16.2. The molecule has 3 aliphatic rings. The fraction of sp³-hybridized carbons (Fsp3) is 0.556. The van der Waals surface area contributed by atoms with Gasteiger partial charge in [-0.25, -0.2) is 0 Å². The molecule has 1 saturated heterocycles. The second kappa shape index (κ2) is 8.74. The molecule has 1 aromatic heterocycles. The van der Waals surface area contributed by atoms with Crippen LogP contribution >= 0.6 is 0 Å². The van der Waals surface area contributed by atoms with Gasteiger partial charge in [-0.05, 0) is 86.2 Å². The quantitative estimate of drug-likeness (QED) is 0.648. The number of aromatic nitrogens is 1. The van der Waals surface area contributed by atoms with Gasteiger partial charge in [0.2, 0.25) is 5.91 Å². The molecule has 2 aliphatic carbocycles. The highest BCUT2D eigenvalue weighted by Gasteiger charge is 2.61. The molecule has 2 aromatic rings. The van der Waals surface area contributed by atoms with Gasteiger partial charge in [0.05, 0.1) is 0 Å². The first-order chi connectivity index (χ1) is 15.1. The van der Waals surface area contributed by atoms with Crippen molar-refractivity contribution in [3.63, 3.8) is 0 Å². The standard InChI is InChI=1S/C27H35N3O/c1-21-6-2-3-8-24(21)20-29-14-9-22(10-15-29)18-30(19-23-7-4-13-28-17-23)26(31)25-16-27(25)11-5-12-27/h2-4,6-8,13,17,22,25H,5,9-12,14-16,18-20H2,1H3/t25-/m1/s1. The van der Waals surface area contributed by atoms with Crippen molar-refractivity contribution < 1.29 is 4.79 Å². The van der Waals surface area contributed by atoms with E-state index in [9.17, 15) is 4.79 Å². The summed E-state index contributed by atoms with van der Waals surface area (Å²) in [6.07, 6.45) is 11.1. The molecule has 0 bridgehead atoms. The maximum atomic E-state index is 13.4. The minimum atomic E-state index is 0.291. The number of amides is 1. The van der Waals surface area contributed by atoms with Crippen molar-refractivity contribution in [3.05, 3.63) is 65.5 Å². The smallest absolute Gasteiger partial charge is 0.226 e. The molecule has 3 fully saturated rings. The van der Waals surface area contributed by atoms with Crippen LogP contribution in [0.5, 0.6) is 0 Å². The number of hydrogen-bond acceptors (Lipinski definition) is 3. The van der Waals surface area contributed by atoms with Gasteiger partial charge in [-0.1, -0.05) is 36.8 Å². The van der Waals surface area contributed by atoms with Crippen LogP contribution in [0.2, 0.25) is 0 Å². The van der Waals surface area contributed by atoms with Crippen LogP contribution in [0.15, 0.2) is 48.8 Å². The highest BCUT2D eigenvalue weighted by molar-refractivity contribution is 5.83. The van der Waals surface area contributed by atoms with Crippen LogP contribution in [0.25, 0.3) is 0 Å². The van der Waals surface area contributed by atoms with Gasteiger partial charge in [-0.3, -0.25) is 14.7 Å². The average Bonchev–Trinajstić information content (AvgIpc) is 3.53. The molecule has 1 spiro atoms. The fourth-order valence-corrected chi connectivity index (χ4v) is 5.71. The zero-order valence-electron chi connectivity index (χ0n) is 18.8. The lowest BCUT2D eigenvalue weighted by Crippen LogP contribution is -2.41. The Morgan fingerprint density at radius 2 is 1.97 bits per heavy atom. The van der Waals surface area contributed by atoms with Crippen LogP contribution in [0.3, 0.4) is 0 Å². The summed E-state index contributed by atoms with van der Waals surface area (Å²) in [6, 6.07) is 12.8. The summed E-state index contributed by atoms with van der Waals surface area (Å²) in [5.74, 6) is 1.30. The van der Waals surface area contributed by atoms with Crippen molar-refractivity contribution in [1.82, 2.24) is 14.8 Å². The molecule has 1 amide bonds. The second-order valence-corrected chi connectivity index (χ2v) is 10.2. The van der Waals surface area contributed by atoms with Gasteiger partial charge in [-0.2, -0.15) is 0 Å². The minimum Gasteiger partial charge on any atom is -0.338 e. The van der Waals surface area contributed by atoms with Gasteiger partial charge in [0.15, 0.2) is 0 Å². The summed E-state index contributed by atoms with van der Waals surface area (Å²) in [5.41, 5.74) is 4.36. The largest absolute Gasteiger partial charge is 0.338 e. The molecule has 2 heterocycles. The van der Waals surface area contributed by atoms with Gasteiger partial charge in [-0.15, -0.1) is 0 Å². The van der Waals surface area contributed by atoms with Gasteiger partial charge in [0.1, 0.15) is 0 Å². The Morgan fingerprint density at radius 1 is 1.16 bits per heavy atom. The average molecular weight is 418 g/mol. The number of nitrogens with zero attached hydrogens (tertiary/aromatic N) is 3. The van der Waals surface area contributed by atoms with Crippen molar-refractivity contribution in [1.29, 1.82) is 0 Å². The third-order valence-electron chi connectivity index (χ3n) is 8.09. The molecule has 31 heavy (non-hydrogen) atoms. The van der Waals surface area contributed by atoms with Crippen molar-refractivity contribution in [3.8, 4) is 0 Å². The minimum absolute atomic E-state index is 0.291. The first-order valence-corrected chi connectivity index (χ1v) is 12.1. The number of hydrogen-bond donors (Lipinski definition) is 0. The Bertz CT molecular complexity index is 900. The van der Waals surface area contributed by atoms with E-state index in [1.54, 1.807) is 0 Å². The van der Waals surface area contributed by atoms with E-state index < -0.39 is 0 Å². The number of rotatable bonds is 7. The lowest BCUT2D eigenvalue weighted by atomic mass is 9.79. The van der Waals surface area contributed by atoms with Gasteiger partial charge in [0.25, 0.3) is 0 Å². The van der Waals surface area contributed by atoms with Gasteiger partial charge < -0.3 is 4.90 Å². The Balaban J connectivity index is 1.19. The Labute approximate surface area is 186 Å². The van der Waals surface area contributed by atoms with Crippen LogP contribution in [-0.2, 0) is 17.9 Å². The van der Waals surface area contributed by atoms with Crippen LogP contribution in [0, 0.1) is 24.2 Å². The first-order valence-electron chi connectivity index (χ1n) is 12.1. The summed E-state index contributed by atoms with van der Waals surface area (Å²) >= 11 is 0. The molecule has 164 valence electrons. The number of piperidine rings is 1. The second-order valence-electron chi connectivity index (χ2n) is 10.2. The number of carbonyl (C=O) groups excluding carboxylic acids is 1. The van der Waals surface area contributed by atoms with Gasteiger partial charge in [0, 0.05) is 37.9 Å². The molecule has 5 rings (SSSR count). The van der Waals surface area contributed by atoms with Crippen LogP contribution < -0.4 is 0 Å². The van der Waals surface area contributed by atoms with Crippen molar-refractivity contribution in [2.45, 2.75) is 58.5 Å². The van der Waals surface area contributed by atoms with Crippen molar-refractivity contribution in [2.24, 2.45) is 17.3 Å². The Morgan fingerprint density at radius 3 is 2.61 bits per heavy atom. The number of likely N-dealkylation sites (tertiary alicyclic amines) is 1. The summed E-state index contributed by atoms with van der Waals surface area (Å²) in [4.78, 5) is 22.5. The molecule has 0 N–H and O–H groups in total. The van der Waals surface area contributed by atoms with E-state index in [-0.39, 0.29) is 0 Å². The lowest BCUT2D eigenvalue weighted by Gasteiger charge is -2.36. The molecule has 0 unspecified atom stereocenters. The molecule has 0 radical (unpaired) electrons. The maximum Gasteiger partial charge on any atom is 0.226 e. The SMILES string of the molecule is Cc1ccccc1CN1CCC(CN(Cc2cccnc2)C(=O)[C@H]2CC23CCC3)CC1. The predicted molar refractivity (Wildman–Crippen MR) is 123 cm³/mol. The zero-order valence-corrected chi connectivity index (χ0v) is 18.8. The van der Waals surface area contributed by atoms with E-state index >= 15 is 0 Å². The third-order valence-corrected chi connectivity index (χ3v) is 8.09. The van der Waals surface area contributed by atoms with Crippen molar-refractivity contribution in [2.75, 3.05) is 19.6 Å². The maximum absolute atomic E-state index is 13.4. The van der Waals surface area contributed by atoms with Gasteiger partial charge >= 0.3 is 0 Å². The van der Waals surface area contributed by atoms with E-state index in [2.05, 4.69) is 52.0 Å². The van der Waals surface area contributed by atoms with E-state index in [0.29, 0.717) is 29.7 Å². The van der Waals surface area contributed by atoms with Crippen LogP contribution in [-0.4, -0.2) is 40.3 Å². The third kappa shape index (κ3) is 4.55. The number of pyridine rings is 1. The monoisotopic (exact) mass is 417 g/mol. The molecule has 4 nitrogen and oxygen atoms in total. The summed E-state index contributed by atoms with van der Waals surface area (Å²) in [6.45, 7) is 7.11. The topological polar surface area (TPSA) is 36.4 Å². The number of carbonyl (C=O) groups is 1. The predicted octanol–water partition coefficient (Wildman–Crippen LogP) is 4.82. The van der Waals surface area contributed by atoms with E-state index in [1.807, 2.05) is 18.5 Å². The Kier molecular flexibility index (Phi) is 5.83. The molecule has 4 heteroatoms. The van der Waals surface area contributed by atoms with E-state index in [0.717, 1.165) is 38.2 Å². The fourth-order valence-electron chi connectivity index (χ4n) is 5.71. The normalized spacial score (nSPS) is 22.8.